The molecule has 1 aromatic heterocycles. The highest BCUT2D eigenvalue weighted by molar-refractivity contribution is 7.89. The lowest BCUT2D eigenvalue weighted by molar-refractivity contribution is -0.116. The maximum absolute atomic E-state index is 13.0. The molecule has 2 rings (SSSR count). The average Bonchev–Trinajstić information content (AvgIpc) is 2.98. The van der Waals surface area contributed by atoms with Crippen molar-refractivity contribution in [2.24, 2.45) is 0 Å². The number of nitrogens with one attached hydrogen (secondary N) is 1. The van der Waals surface area contributed by atoms with Gasteiger partial charge in [-0.25, -0.2) is 13.4 Å². The Balaban J connectivity index is 2.16. The average molecular weight is 431 g/mol. The van der Waals surface area contributed by atoms with Crippen LogP contribution in [0.5, 0.6) is 0 Å². The summed E-state index contributed by atoms with van der Waals surface area (Å²) in [6.45, 7) is 2.48. The molecule has 0 unspecified atom stereocenters. The zero-order valence-corrected chi connectivity index (χ0v) is 17.9. The number of sulfonamides is 1. The topological polar surface area (TPSA) is 82.6 Å². The summed E-state index contributed by atoms with van der Waals surface area (Å²) < 4.78 is 27.2. The molecule has 0 saturated carbocycles. The Morgan fingerprint density at radius 2 is 1.89 bits per heavy atom. The molecule has 27 heavy (non-hydrogen) atoms. The first kappa shape index (κ1) is 21.8. The summed E-state index contributed by atoms with van der Waals surface area (Å²) in [5, 5.41) is 5.37. The second-order valence-corrected chi connectivity index (χ2v) is 9.52. The maximum Gasteiger partial charge on any atom is 0.243 e. The van der Waals surface area contributed by atoms with Gasteiger partial charge in [-0.05, 0) is 58.3 Å². The van der Waals surface area contributed by atoms with Crippen molar-refractivity contribution in [3.63, 3.8) is 0 Å². The van der Waals surface area contributed by atoms with Crippen molar-refractivity contribution in [1.29, 1.82) is 0 Å². The number of nitrogens with zero attached hydrogens (tertiary/aromatic N) is 3. The van der Waals surface area contributed by atoms with Crippen LogP contribution in [0.15, 0.2) is 34.5 Å². The number of hydrogen-bond acceptors (Lipinski definition) is 6. The number of halogens is 1. The molecule has 7 nitrogen and oxygen atoms in total. The number of aromatic nitrogens is 1. The normalized spacial score (nSPS) is 11.9. The van der Waals surface area contributed by atoms with Gasteiger partial charge in [0.15, 0.2) is 5.13 Å². The van der Waals surface area contributed by atoms with E-state index in [1.807, 2.05) is 31.3 Å². The van der Waals surface area contributed by atoms with Gasteiger partial charge in [0.2, 0.25) is 15.9 Å². The summed E-state index contributed by atoms with van der Waals surface area (Å²) in [5.41, 5.74) is 0.798. The SMILES string of the molecule is Cc1csc(NC(=O)CN(CCCN(C)C)S(=O)(=O)c2ccc(Cl)cc2)n1. The van der Waals surface area contributed by atoms with E-state index in [1.165, 1.54) is 39.9 Å². The van der Waals surface area contributed by atoms with Crippen LogP contribution in [0.3, 0.4) is 0 Å². The fraction of sp³-hybridized carbons (Fsp3) is 0.412. The molecular weight excluding hydrogens is 408 g/mol. The summed E-state index contributed by atoms with van der Waals surface area (Å²) in [6.07, 6.45) is 0.601. The number of aryl methyl sites for hydroxylation is 1. The highest BCUT2D eigenvalue weighted by atomic mass is 35.5. The van der Waals surface area contributed by atoms with Crippen LogP contribution in [0.4, 0.5) is 5.13 Å². The first-order valence-electron chi connectivity index (χ1n) is 8.31. The molecule has 2 aromatic rings. The first-order chi connectivity index (χ1) is 12.7. The van der Waals surface area contributed by atoms with Gasteiger partial charge in [0.25, 0.3) is 0 Å². The molecule has 0 aliphatic heterocycles. The minimum absolute atomic E-state index is 0.106. The van der Waals surface area contributed by atoms with Crippen LogP contribution in [0.2, 0.25) is 5.02 Å². The number of amides is 1. The van der Waals surface area contributed by atoms with Crippen LogP contribution in [-0.4, -0.2) is 62.2 Å². The summed E-state index contributed by atoms with van der Waals surface area (Å²) in [7, 11) is 0.00490. The molecular formula is C17H23ClN4O3S2. The summed E-state index contributed by atoms with van der Waals surface area (Å²) in [5.74, 6) is -0.424. The third kappa shape index (κ3) is 6.54. The van der Waals surface area contributed by atoms with E-state index in [9.17, 15) is 13.2 Å². The Hall–Kier alpha value is -1.52. The molecule has 0 bridgehead atoms. The fourth-order valence-corrected chi connectivity index (χ4v) is 4.60. The minimum Gasteiger partial charge on any atom is -0.309 e. The van der Waals surface area contributed by atoms with E-state index in [2.05, 4.69) is 10.3 Å². The Morgan fingerprint density at radius 3 is 2.44 bits per heavy atom. The van der Waals surface area contributed by atoms with Crippen molar-refractivity contribution in [1.82, 2.24) is 14.2 Å². The number of anilines is 1. The van der Waals surface area contributed by atoms with Gasteiger partial charge >= 0.3 is 0 Å². The molecule has 0 radical (unpaired) electrons. The van der Waals surface area contributed by atoms with Crippen molar-refractivity contribution < 1.29 is 13.2 Å². The van der Waals surface area contributed by atoms with Crippen LogP contribution in [-0.2, 0) is 14.8 Å². The van der Waals surface area contributed by atoms with Gasteiger partial charge in [0.1, 0.15) is 0 Å². The van der Waals surface area contributed by atoms with Crippen molar-refractivity contribution in [2.75, 3.05) is 39.0 Å². The monoisotopic (exact) mass is 430 g/mol. The number of hydrogen-bond donors (Lipinski definition) is 1. The van der Waals surface area contributed by atoms with Gasteiger partial charge in [-0.2, -0.15) is 4.31 Å². The molecule has 1 N–H and O–H groups in total. The van der Waals surface area contributed by atoms with Gasteiger partial charge in [-0.15, -0.1) is 11.3 Å². The summed E-state index contributed by atoms with van der Waals surface area (Å²) >= 11 is 7.15. The summed E-state index contributed by atoms with van der Waals surface area (Å²) in [6, 6.07) is 5.92. The van der Waals surface area contributed by atoms with Gasteiger partial charge in [-0.3, -0.25) is 4.79 Å². The fourth-order valence-electron chi connectivity index (χ4n) is 2.33. The van der Waals surface area contributed by atoms with E-state index in [4.69, 9.17) is 11.6 Å². The number of rotatable bonds is 9. The van der Waals surface area contributed by atoms with Crippen LogP contribution in [0.25, 0.3) is 0 Å². The van der Waals surface area contributed by atoms with Gasteiger partial charge in [-0.1, -0.05) is 11.6 Å². The smallest absolute Gasteiger partial charge is 0.243 e. The third-order valence-electron chi connectivity index (χ3n) is 3.65. The highest BCUT2D eigenvalue weighted by Crippen LogP contribution is 2.19. The standard InChI is InChI=1S/C17H23ClN4O3S2/c1-13-12-26-17(19-13)20-16(23)11-22(10-4-9-21(2)3)27(24,25)15-7-5-14(18)6-8-15/h5-8,12H,4,9-11H2,1-3H3,(H,19,20,23). The zero-order valence-electron chi connectivity index (χ0n) is 15.5. The first-order valence-corrected chi connectivity index (χ1v) is 11.0. The molecule has 0 aliphatic rings. The largest absolute Gasteiger partial charge is 0.309 e. The number of benzene rings is 1. The van der Waals surface area contributed by atoms with E-state index in [1.54, 1.807) is 0 Å². The molecule has 1 aromatic carbocycles. The molecule has 0 atom stereocenters. The third-order valence-corrected chi connectivity index (χ3v) is 6.64. The minimum atomic E-state index is -3.82. The molecule has 1 heterocycles. The van der Waals surface area contributed by atoms with E-state index in [0.29, 0.717) is 23.1 Å². The molecule has 0 spiro atoms. The van der Waals surface area contributed by atoms with Crippen molar-refractivity contribution in [3.8, 4) is 0 Å². The molecule has 0 fully saturated rings. The predicted octanol–water partition coefficient (Wildman–Crippen LogP) is 2.69. The van der Waals surface area contributed by atoms with Crippen LogP contribution >= 0.6 is 22.9 Å². The van der Waals surface area contributed by atoms with Crippen molar-refractivity contribution in [3.05, 3.63) is 40.4 Å². The molecule has 10 heteroatoms. The molecule has 1 amide bonds. The van der Waals surface area contributed by atoms with Gasteiger partial charge in [0.05, 0.1) is 17.1 Å². The van der Waals surface area contributed by atoms with E-state index in [0.717, 1.165) is 5.69 Å². The van der Waals surface area contributed by atoms with Gasteiger partial charge in [0, 0.05) is 16.9 Å². The highest BCUT2D eigenvalue weighted by Gasteiger charge is 2.26. The van der Waals surface area contributed by atoms with E-state index in [-0.39, 0.29) is 18.0 Å². The lowest BCUT2D eigenvalue weighted by Crippen LogP contribution is -2.39. The van der Waals surface area contributed by atoms with E-state index < -0.39 is 15.9 Å². The Kier molecular flexibility index (Phi) is 7.75. The van der Waals surface area contributed by atoms with Crippen LogP contribution in [0.1, 0.15) is 12.1 Å². The molecule has 0 aliphatic carbocycles. The summed E-state index contributed by atoms with van der Waals surface area (Å²) in [4.78, 5) is 18.6. The van der Waals surface area contributed by atoms with Crippen molar-refractivity contribution in [2.45, 2.75) is 18.2 Å². The van der Waals surface area contributed by atoms with Crippen molar-refractivity contribution >= 4 is 44.0 Å². The lowest BCUT2D eigenvalue weighted by Gasteiger charge is -2.22. The maximum atomic E-state index is 13.0. The Labute approximate surface area is 169 Å². The number of carbonyl (C=O) groups excluding carboxylic acids is 1. The van der Waals surface area contributed by atoms with Gasteiger partial charge < -0.3 is 10.2 Å². The second-order valence-electron chi connectivity index (χ2n) is 6.29. The Bertz CT molecular complexity index is 867. The number of thiazole rings is 1. The lowest BCUT2D eigenvalue weighted by atomic mass is 10.4. The quantitative estimate of drug-likeness (QED) is 0.661. The zero-order chi connectivity index (χ0) is 20.0. The molecule has 0 saturated heterocycles. The van der Waals surface area contributed by atoms with Crippen LogP contribution < -0.4 is 5.32 Å². The number of carbonyl (C=O) groups is 1. The van der Waals surface area contributed by atoms with Crippen LogP contribution in [0, 0.1) is 6.92 Å². The molecule has 148 valence electrons. The Morgan fingerprint density at radius 1 is 1.22 bits per heavy atom. The predicted molar refractivity (Wildman–Crippen MR) is 109 cm³/mol. The second kappa shape index (κ2) is 9.61. The van der Waals surface area contributed by atoms with E-state index >= 15 is 0 Å².